The largest absolute Gasteiger partial charge is 0.274 e. The van der Waals surface area contributed by atoms with Crippen LogP contribution in [0.15, 0.2) is 24.3 Å². The molecule has 0 bridgehead atoms. The molecule has 0 radical (unpaired) electrons. The maximum Gasteiger partial charge on any atom is 0.0720 e. The Bertz CT molecular complexity index is 397. The van der Waals surface area contributed by atoms with E-state index in [1.807, 2.05) is 24.3 Å². The van der Waals surface area contributed by atoms with E-state index in [9.17, 15) is 0 Å². The van der Waals surface area contributed by atoms with Crippen LogP contribution in [0.25, 0.3) is 12.3 Å². The van der Waals surface area contributed by atoms with Crippen LogP contribution in [0.4, 0.5) is 0 Å². The lowest BCUT2D eigenvalue weighted by Gasteiger charge is -2.19. The second-order valence-electron chi connectivity index (χ2n) is 2.98. The lowest BCUT2D eigenvalue weighted by molar-refractivity contribution is -0.0880. The fourth-order valence-electron chi connectivity index (χ4n) is 1.47. The molecule has 0 saturated carbocycles. The van der Waals surface area contributed by atoms with E-state index in [0.717, 1.165) is 6.54 Å². The minimum atomic E-state index is 0.715. The molecule has 2 nitrogen and oxygen atoms in total. The van der Waals surface area contributed by atoms with Gasteiger partial charge >= 0.3 is 0 Å². The molecule has 0 amide bonds. The summed E-state index contributed by atoms with van der Waals surface area (Å²) in [5.74, 6) is 0. The summed E-state index contributed by atoms with van der Waals surface area (Å²) < 4.78 is 0. The van der Waals surface area contributed by atoms with Gasteiger partial charge in [0.25, 0.3) is 0 Å². The van der Waals surface area contributed by atoms with Crippen LogP contribution >= 0.6 is 0 Å². The molecular formula is C11H13NO. The van der Waals surface area contributed by atoms with Gasteiger partial charge in [0.05, 0.1) is 13.2 Å². The maximum atomic E-state index is 5.39. The molecule has 0 fully saturated rings. The minimum Gasteiger partial charge on any atom is -0.274 e. The van der Waals surface area contributed by atoms with Crippen molar-refractivity contribution in [2.24, 2.45) is 0 Å². The predicted octanol–water partition coefficient (Wildman–Crippen LogP) is 0.472. The molecule has 0 unspecified atom stereocenters. The van der Waals surface area contributed by atoms with Crippen LogP contribution in [0.3, 0.4) is 0 Å². The third-order valence-corrected chi connectivity index (χ3v) is 2.07. The highest BCUT2D eigenvalue weighted by molar-refractivity contribution is 5.37. The van der Waals surface area contributed by atoms with Crippen LogP contribution in [0.2, 0.25) is 0 Å². The summed E-state index contributed by atoms with van der Waals surface area (Å²) in [6.07, 6.45) is 4.21. The van der Waals surface area contributed by atoms with E-state index in [-0.39, 0.29) is 0 Å². The van der Waals surface area contributed by atoms with Gasteiger partial charge < -0.3 is 0 Å². The number of hydrogen-bond acceptors (Lipinski definition) is 2. The molecule has 1 aromatic rings. The van der Waals surface area contributed by atoms with Gasteiger partial charge in [-0.2, -0.15) is 0 Å². The minimum absolute atomic E-state index is 0.715. The van der Waals surface area contributed by atoms with E-state index in [2.05, 4.69) is 24.3 Å². The van der Waals surface area contributed by atoms with E-state index < -0.39 is 0 Å². The number of rotatable bonds is 2. The SMILES string of the molecule is CCON1C=c2ccccc2=CC1. The summed E-state index contributed by atoms with van der Waals surface area (Å²) in [4.78, 5) is 5.39. The van der Waals surface area contributed by atoms with E-state index >= 15 is 0 Å². The molecule has 2 heteroatoms. The zero-order valence-electron chi connectivity index (χ0n) is 7.73. The van der Waals surface area contributed by atoms with Crippen LogP contribution in [-0.4, -0.2) is 18.2 Å². The standard InChI is InChI=1S/C11H13NO/c1-2-13-12-8-7-10-5-3-4-6-11(10)9-12/h3-7,9H,2,8H2,1H3. The number of hydrogen-bond donors (Lipinski definition) is 0. The van der Waals surface area contributed by atoms with E-state index in [1.54, 1.807) is 0 Å². The molecule has 13 heavy (non-hydrogen) atoms. The number of nitrogens with zero attached hydrogens (tertiary/aromatic N) is 1. The lowest BCUT2D eigenvalue weighted by Crippen LogP contribution is -2.35. The Labute approximate surface area is 77.7 Å². The molecule has 0 saturated heterocycles. The van der Waals surface area contributed by atoms with Crippen molar-refractivity contribution in [3.63, 3.8) is 0 Å². The Balaban J connectivity index is 2.38. The molecule has 0 atom stereocenters. The number of fused-ring (bicyclic) bond motifs is 1. The predicted molar refractivity (Wildman–Crippen MR) is 53.0 cm³/mol. The second kappa shape index (κ2) is 3.62. The number of hydroxylamine groups is 2. The first-order valence-electron chi connectivity index (χ1n) is 4.57. The van der Waals surface area contributed by atoms with Gasteiger partial charge in [0.1, 0.15) is 0 Å². The van der Waals surface area contributed by atoms with Crippen molar-refractivity contribution in [2.45, 2.75) is 6.92 Å². The van der Waals surface area contributed by atoms with Gasteiger partial charge in [0.2, 0.25) is 0 Å². The Morgan fingerprint density at radius 1 is 1.31 bits per heavy atom. The molecule has 0 aliphatic carbocycles. The second-order valence-corrected chi connectivity index (χ2v) is 2.98. The fourth-order valence-corrected chi connectivity index (χ4v) is 1.47. The molecule has 0 N–H and O–H groups in total. The third-order valence-electron chi connectivity index (χ3n) is 2.07. The molecular weight excluding hydrogens is 162 g/mol. The van der Waals surface area contributed by atoms with Crippen molar-refractivity contribution in [2.75, 3.05) is 13.2 Å². The summed E-state index contributed by atoms with van der Waals surface area (Å²) >= 11 is 0. The summed E-state index contributed by atoms with van der Waals surface area (Å²) in [6.45, 7) is 3.55. The fraction of sp³-hybridized carbons (Fsp3) is 0.273. The highest BCUT2D eigenvalue weighted by Crippen LogP contribution is 1.94. The monoisotopic (exact) mass is 175 g/mol. The molecule has 68 valence electrons. The van der Waals surface area contributed by atoms with Gasteiger partial charge in [-0.15, -0.1) is 0 Å². The molecule has 1 aromatic carbocycles. The van der Waals surface area contributed by atoms with Crippen molar-refractivity contribution in [1.82, 2.24) is 5.06 Å². The van der Waals surface area contributed by atoms with Crippen molar-refractivity contribution in [3.8, 4) is 0 Å². The van der Waals surface area contributed by atoms with Gasteiger partial charge in [0, 0.05) is 6.20 Å². The van der Waals surface area contributed by atoms with Gasteiger partial charge in [-0.3, -0.25) is 9.90 Å². The van der Waals surface area contributed by atoms with Gasteiger partial charge in [-0.25, -0.2) is 0 Å². The zero-order chi connectivity index (χ0) is 9.10. The Morgan fingerprint density at radius 3 is 2.85 bits per heavy atom. The molecule has 0 aromatic heterocycles. The average Bonchev–Trinajstić information content (AvgIpc) is 2.18. The van der Waals surface area contributed by atoms with Crippen molar-refractivity contribution in [3.05, 3.63) is 34.7 Å². The highest BCUT2D eigenvalue weighted by atomic mass is 16.7. The topological polar surface area (TPSA) is 12.5 Å². The van der Waals surface area contributed by atoms with Crippen LogP contribution < -0.4 is 10.4 Å². The normalized spacial score (nSPS) is 14.4. The van der Waals surface area contributed by atoms with Gasteiger partial charge in [0.15, 0.2) is 0 Å². The van der Waals surface area contributed by atoms with Crippen LogP contribution in [0.5, 0.6) is 0 Å². The Morgan fingerprint density at radius 2 is 2.08 bits per heavy atom. The summed E-state index contributed by atoms with van der Waals surface area (Å²) in [5.41, 5.74) is 0. The van der Waals surface area contributed by atoms with E-state index in [0.29, 0.717) is 6.61 Å². The summed E-state index contributed by atoms with van der Waals surface area (Å²) in [5, 5.41) is 4.38. The van der Waals surface area contributed by atoms with Gasteiger partial charge in [-0.1, -0.05) is 30.3 Å². The lowest BCUT2D eigenvalue weighted by atomic mass is 10.2. The van der Waals surface area contributed by atoms with E-state index in [1.165, 1.54) is 10.4 Å². The smallest absolute Gasteiger partial charge is 0.0720 e. The third kappa shape index (κ3) is 1.73. The van der Waals surface area contributed by atoms with Crippen LogP contribution in [0, 0.1) is 0 Å². The van der Waals surface area contributed by atoms with Crippen molar-refractivity contribution >= 4 is 12.3 Å². The first-order chi connectivity index (χ1) is 6.40. The molecule has 0 spiro atoms. The number of benzene rings is 1. The van der Waals surface area contributed by atoms with Gasteiger partial charge in [-0.05, 0) is 17.4 Å². The molecule has 2 rings (SSSR count). The van der Waals surface area contributed by atoms with Crippen molar-refractivity contribution in [1.29, 1.82) is 0 Å². The highest BCUT2D eigenvalue weighted by Gasteiger charge is 2.00. The molecule has 1 heterocycles. The quantitative estimate of drug-likeness (QED) is 0.648. The zero-order valence-corrected chi connectivity index (χ0v) is 7.73. The molecule has 1 aliphatic heterocycles. The Kier molecular flexibility index (Phi) is 2.32. The van der Waals surface area contributed by atoms with Crippen LogP contribution in [-0.2, 0) is 4.84 Å². The first-order valence-corrected chi connectivity index (χ1v) is 4.57. The summed E-state index contributed by atoms with van der Waals surface area (Å²) in [7, 11) is 0. The Hall–Kier alpha value is -1.28. The molecule has 1 aliphatic rings. The maximum absolute atomic E-state index is 5.39. The van der Waals surface area contributed by atoms with Crippen molar-refractivity contribution < 1.29 is 4.84 Å². The van der Waals surface area contributed by atoms with Crippen LogP contribution in [0.1, 0.15) is 6.92 Å². The van der Waals surface area contributed by atoms with E-state index in [4.69, 9.17) is 4.84 Å². The average molecular weight is 175 g/mol. The summed E-state index contributed by atoms with van der Waals surface area (Å²) in [6, 6.07) is 8.31. The first kappa shape index (κ1) is 8.32.